The highest BCUT2D eigenvalue weighted by atomic mass is 35.5. The highest BCUT2D eigenvalue weighted by molar-refractivity contribution is 7.92. The van der Waals surface area contributed by atoms with Gasteiger partial charge in [0.1, 0.15) is 18.0 Å². The number of sulfonamides is 1. The molecule has 1 amide bonds. The highest BCUT2D eigenvalue weighted by Gasteiger charge is 2.28. The van der Waals surface area contributed by atoms with Crippen LogP contribution < -0.4 is 19.1 Å². The summed E-state index contributed by atoms with van der Waals surface area (Å²) >= 11 is 6.13. The molecule has 0 atom stereocenters. The van der Waals surface area contributed by atoms with Crippen LogP contribution >= 0.6 is 11.6 Å². The Labute approximate surface area is 198 Å². The predicted octanol–water partition coefficient (Wildman–Crippen LogP) is 4.81. The number of hydrogen-bond acceptors (Lipinski definition) is 5. The van der Waals surface area contributed by atoms with Crippen molar-refractivity contribution in [3.63, 3.8) is 0 Å². The summed E-state index contributed by atoms with van der Waals surface area (Å²) in [6, 6.07) is 16.3. The number of benzene rings is 3. The number of carbonyl (C=O) groups excluding carboxylic acids is 1. The van der Waals surface area contributed by atoms with E-state index in [4.69, 9.17) is 21.1 Å². The molecule has 0 aliphatic carbocycles. The molecule has 3 aromatic rings. The van der Waals surface area contributed by atoms with Crippen LogP contribution in [-0.4, -0.2) is 35.1 Å². The Bertz CT molecular complexity index is 1260. The largest absolute Gasteiger partial charge is 0.495 e. The molecule has 0 spiro atoms. The SMILES string of the molecule is COc1cc(NC(=O)CN(c2ccc(C)c(C)c2)S(=O)(=O)c2ccccc2)c(OC)cc1Cl. The number of amides is 1. The summed E-state index contributed by atoms with van der Waals surface area (Å²) in [5.41, 5.74) is 2.61. The number of hydrogen-bond donors (Lipinski definition) is 1. The lowest BCUT2D eigenvalue weighted by atomic mass is 10.1. The first-order chi connectivity index (χ1) is 15.7. The van der Waals surface area contributed by atoms with Crippen LogP contribution in [0, 0.1) is 13.8 Å². The van der Waals surface area contributed by atoms with E-state index in [1.807, 2.05) is 19.9 Å². The van der Waals surface area contributed by atoms with Crippen LogP contribution in [0.25, 0.3) is 0 Å². The van der Waals surface area contributed by atoms with Gasteiger partial charge in [0.15, 0.2) is 0 Å². The molecule has 0 unspecified atom stereocenters. The van der Waals surface area contributed by atoms with Crippen molar-refractivity contribution in [2.24, 2.45) is 0 Å². The van der Waals surface area contributed by atoms with E-state index in [0.717, 1.165) is 15.4 Å². The molecular formula is C24H25ClN2O5S. The molecular weight excluding hydrogens is 464 g/mol. The van der Waals surface area contributed by atoms with Crippen LogP contribution in [0.15, 0.2) is 65.6 Å². The standard InChI is InChI=1S/C24H25ClN2O5S/c1-16-10-11-18(12-17(16)2)27(33(29,30)19-8-6-5-7-9-19)15-24(28)26-21-14-22(31-3)20(25)13-23(21)32-4/h5-14H,15H2,1-4H3,(H,26,28). The molecule has 174 valence electrons. The monoisotopic (exact) mass is 488 g/mol. The fourth-order valence-corrected chi connectivity index (χ4v) is 4.86. The Hall–Kier alpha value is -3.23. The molecule has 0 saturated heterocycles. The Morgan fingerprint density at radius 3 is 2.21 bits per heavy atom. The number of methoxy groups -OCH3 is 2. The van der Waals surface area contributed by atoms with Gasteiger partial charge < -0.3 is 14.8 Å². The molecule has 1 N–H and O–H groups in total. The maximum Gasteiger partial charge on any atom is 0.264 e. The van der Waals surface area contributed by atoms with Crippen molar-refractivity contribution in [2.75, 3.05) is 30.4 Å². The van der Waals surface area contributed by atoms with Crippen molar-refractivity contribution >= 4 is 38.9 Å². The zero-order valence-corrected chi connectivity index (χ0v) is 20.3. The fourth-order valence-electron chi connectivity index (χ4n) is 3.19. The summed E-state index contributed by atoms with van der Waals surface area (Å²) in [6.07, 6.45) is 0. The number of nitrogens with one attached hydrogen (secondary N) is 1. The lowest BCUT2D eigenvalue weighted by Crippen LogP contribution is -2.38. The van der Waals surface area contributed by atoms with Crippen molar-refractivity contribution in [1.82, 2.24) is 0 Å². The minimum absolute atomic E-state index is 0.0850. The van der Waals surface area contributed by atoms with Gasteiger partial charge >= 0.3 is 0 Å². The van der Waals surface area contributed by atoms with Gasteiger partial charge in [0.05, 0.1) is 35.5 Å². The molecule has 0 aliphatic heterocycles. The van der Waals surface area contributed by atoms with E-state index in [0.29, 0.717) is 27.9 Å². The van der Waals surface area contributed by atoms with Crippen LogP contribution in [0.4, 0.5) is 11.4 Å². The average molecular weight is 489 g/mol. The van der Waals surface area contributed by atoms with Crippen molar-refractivity contribution in [3.05, 3.63) is 76.8 Å². The van der Waals surface area contributed by atoms with E-state index in [2.05, 4.69) is 5.32 Å². The number of anilines is 2. The lowest BCUT2D eigenvalue weighted by Gasteiger charge is -2.25. The molecule has 3 rings (SSSR count). The highest BCUT2D eigenvalue weighted by Crippen LogP contribution is 2.36. The van der Waals surface area contributed by atoms with Gasteiger partial charge in [-0.3, -0.25) is 9.10 Å². The number of halogens is 1. The molecule has 33 heavy (non-hydrogen) atoms. The first-order valence-electron chi connectivity index (χ1n) is 10.0. The van der Waals surface area contributed by atoms with E-state index in [-0.39, 0.29) is 4.90 Å². The van der Waals surface area contributed by atoms with Crippen LogP contribution in [0.3, 0.4) is 0 Å². The molecule has 0 aromatic heterocycles. The molecule has 0 radical (unpaired) electrons. The van der Waals surface area contributed by atoms with Crippen LogP contribution in [0.2, 0.25) is 5.02 Å². The Morgan fingerprint density at radius 1 is 0.939 bits per heavy atom. The normalized spacial score (nSPS) is 11.1. The van der Waals surface area contributed by atoms with Gasteiger partial charge in [-0.2, -0.15) is 0 Å². The number of rotatable bonds is 8. The van der Waals surface area contributed by atoms with E-state index in [9.17, 15) is 13.2 Å². The minimum atomic E-state index is -4.01. The first kappa shape index (κ1) is 24.4. The number of ether oxygens (including phenoxy) is 2. The summed E-state index contributed by atoms with van der Waals surface area (Å²) in [7, 11) is -1.12. The molecule has 0 bridgehead atoms. The van der Waals surface area contributed by atoms with Gasteiger partial charge in [-0.1, -0.05) is 35.9 Å². The van der Waals surface area contributed by atoms with E-state index < -0.39 is 22.5 Å². The van der Waals surface area contributed by atoms with Gasteiger partial charge in [0, 0.05) is 12.1 Å². The maximum absolute atomic E-state index is 13.5. The Balaban J connectivity index is 1.99. The summed E-state index contributed by atoms with van der Waals surface area (Å²) < 4.78 is 38.5. The van der Waals surface area contributed by atoms with Crippen LogP contribution in [-0.2, 0) is 14.8 Å². The van der Waals surface area contributed by atoms with Crippen molar-refractivity contribution in [3.8, 4) is 11.5 Å². The topological polar surface area (TPSA) is 84.9 Å². The third-order valence-electron chi connectivity index (χ3n) is 5.14. The Morgan fingerprint density at radius 2 is 1.61 bits per heavy atom. The summed E-state index contributed by atoms with van der Waals surface area (Å²) in [4.78, 5) is 13.1. The van der Waals surface area contributed by atoms with Gasteiger partial charge in [-0.25, -0.2) is 8.42 Å². The van der Waals surface area contributed by atoms with E-state index in [1.54, 1.807) is 30.3 Å². The van der Waals surface area contributed by atoms with E-state index >= 15 is 0 Å². The zero-order chi connectivity index (χ0) is 24.2. The molecule has 0 heterocycles. The minimum Gasteiger partial charge on any atom is -0.495 e. The zero-order valence-electron chi connectivity index (χ0n) is 18.8. The predicted molar refractivity (Wildman–Crippen MR) is 130 cm³/mol. The van der Waals surface area contributed by atoms with Gasteiger partial charge in [-0.05, 0) is 49.2 Å². The second-order valence-corrected chi connectivity index (χ2v) is 9.60. The van der Waals surface area contributed by atoms with Crippen LogP contribution in [0.1, 0.15) is 11.1 Å². The fraction of sp³-hybridized carbons (Fsp3) is 0.208. The number of nitrogens with zero attached hydrogens (tertiary/aromatic N) is 1. The summed E-state index contributed by atoms with van der Waals surface area (Å²) in [5, 5.41) is 3.02. The second-order valence-electron chi connectivity index (χ2n) is 7.33. The Kier molecular flexibility index (Phi) is 7.50. The van der Waals surface area contributed by atoms with Crippen molar-refractivity contribution in [1.29, 1.82) is 0 Å². The van der Waals surface area contributed by atoms with Crippen molar-refractivity contribution in [2.45, 2.75) is 18.7 Å². The van der Waals surface area contributed by atoms with E-state index in [1.165, 1.54) is 38.5 Å². The molecule has 9 heteroatoms. The molecule has 0 saturated carbocycles. The third-order valence-corrected chi connectivity index (χ3v) is 7.23. The van der Waals surface area contributed by atoms with Gasteiger partial charge in [0.2, 0.25) is 5.91 Å². The summed E-state index contributed by atoms with van der Waals surface area (Å²) in [5.74, 6) is 0.101. The molecule has 0 fully saturated rings. The van der Waals surface area contributed by atoms with Gasteiger partial charge in [-0.15, -0.1) is 0 Å². The van der Waals surface area contributed by atoms with Gasteiger partial charge in [0.25, 0.3) is 10.0 Å². The van der Waals surface area contributed by atoms with Crippen LogP contribution in [0.5, 0.6) is 11.5 Å². The average Bonchev–Trinajstić information content (AvgIpc) is 2.80. The molecule has 3 aromatic carbocycles. The summed E-state index contributed by atoms with van der Waals surface area (Å²) in [6.45, 7) is 3.37. The number of carbonyl (C=O) groups is 1. The lowest BCUT2D eigenvalue weighted by molar-refractivity contribution is -0.114. The third kappa shape index (κ3) is 5.40. The number of aryl methyl sites for hydroxylation is 2. The second kappa shape index (κ2) is 10.1. The maximum atomic E-state index is 13.5. The molecule has 7 nitrogen and oxygen atoms in total. The molecule has 0 aliphatic rings. The first-order valence-corrected chi connectivity index (χ1v) is 11.9. The quantitative estimate of drug-likeness (QED) is 0.492. The smallest absolute Gasteiger partial charge is 0.264 e. The van der Waals surface area contributed by atoms with Crippen molar-refractivity contribution < 1.29 is 22.7 Å².